The second kappa shape index (κ2) is 2.80. The van der Waals surface area contributed by atoms with Crippen molar-refractivity contribution < 1.29 is 0 Å². The van der Waals surface area contributed by atoms with Gasteiger partial charge in [0.1, 0.15) is 0 Å². The standard InChI is InChI=1S/C11H9N3/c1-2-4-10-7-11-8-12-13-14(11)6-5-9(10)3-1/h1-6,8H,7H2. The third-order valence-corrected chi connectivity index (χ3v) is 2.47. The van der Waals surface area contributed by atoms with Crippen LogP contribution in [0.15, 0.2) is 30.5 Å². The van der Waals surface area contributed by atoms with E-state index in [9.17, 15) is 0 Å². The first-order chi connectivity index (χ1) is 6.93. The molecule has 0 saturated carbocycles. The molecule has 0 radical (unpaired) electrons. The van der Waals surface area contributed by atoms with Crippen molar-refractivity contribution in [2.24, 2.45) is 0 Å². The van der Waals surface area contributed by atoms with Crippen LogP contribution in [0.25, 0.3) is 12.3 Å². The van der Waals surface area contributed by atoms with Crippen LogP contribution < -0.4 is 0 Å². The molecule has 1 aliphatic rings. The van der Waals surface area contributed by atoms with Crippen molar-refractivity contribution in [1.29, 1.82) is 0 Å². The molecular formula is C11H9N3. The van der Waals surface area contributed by atoms with Crippen molar-refractivity contribution in [1.82, 2.24) is 15.0 Å². The zero-order valence-corrected chi connectivity index (χ0v) is 7.59. The molecule has 0 aliphatic carbocycles. The zero-order chi connectivity index (χ0) is 9.38. The lowest BCUT2D eigenvalue weighted by Gasteiger charge is -2.01. The molecule has 0 unspecified atom stereocenters. The largest absolute Gasteiger partial charge is 0.225 e. The smallest absolute Gasteiger partial charge is 0.0733 e. The lowest BCUT2D eigenvalue weighted by atomic mass is 10.0. The maximum Gasteiger partial charge on any atom is 0.0733 e. The van der Waals surface area contributed by atoms with Gasteiger partial charge in [0, 0.05) is 12.6 Å². The Morgan fingerprint density at radius 3 is 3.14 bits per heavy atom. The van der Waals surface area contributed by atoms with Crippen LogP contribution >= 0.6 is 0 Å². The molecule has 3 rings (SSSR count). The van der Waals surface area contributed by atoms with Crippen molar-refractivity contribution in [2.45, 2.75) is 6.42 Å². The van der Waals surface area contributed by atoms with E-state index in [1.54, 1.807) is 0 Å². The Hall–Kier alpha value is -1.90. The predicted octanol–water partition coefficient (Wildman–Crippen LogP) is 1.81. The monoisotopic (exact) mass is 183 g/mol. The summed E-state index contributed by atoms with van der Waals surface area (Å²) in [7, 11) is 0. The first-order valence-electron chi connectivity index (χ1n) is 4.59. The first kappa shape index (κ1) is 7.50. The van der Waals surface area contributed by atoms with Crippen molar-refractivity contribution in [3.63, 3.8) is 0 Å². The van der Waals surface area contributed by atoms with E-state index in [1.807, 2.05) is 17.1 Å². The lowest BCUT2D eigenvalue weighted by Crippen LogP contribution is -1.95. The molecule has 0 atom stereocenters. The van der Waals surface area contributed by atoms with Gasteiger partial charge in [0.05, 0.1) is 11.9 Å². The van der Waals surface area contributed by atoms with Crippen LogP contribution in [-0.2, 0) is 6.42 Å². The van der Waals surface area contributed by atoms with Crippen LogP contribution in [0.3, 0.4) is 0 Å². The number of rotatable bonds is 0. The van der Waals surface area contributed by atoms with Crippen molar-refractivity contribution in [2.75, 3.05) is 0 Å². The average molecular weight is 183 g/mol. The van der Waals surface area contributed by atoms with Gasteiger partial charge in [-0.1, -0.05) is 29.5 Å². The van der Waals surface area contributed by atoms with Gasteiger partial charge in [0.25, 0.3) is 0 Å². The van der Waals surface area contributed by atoms with Gasteiger partial charge in [-0.2, -0.15) is 0 Å². The van der Waals surface area contributed by atoms with Gasteiger partial charge < -0.3 is 0 Å². The lowest BCUT2D eigenvalue weighted by molar-refractivity contribution is 0.814. The van der Waals surface area contributed by atoms with Gasteiger partial charge in [-0.25, -0.2) is 4.68 Å². The maximum atomic E-state index is 3.98. The molecule has 0 fully saturated rings. The van der Waals surface area contributed by atoms with E-state index in [-0.39, 0.29) is 0 Å². The highest BCUT2D eigenvalue weighted by molar-refractivity contribution is 5.65. The number of hydrogen-bond donors (Lipinski definition) is 0. The summed E-state index contributed by atoms with van der Waals surface area (Å²) < 4.78 is 1.82. The summed E-state index contributed by atoms with van der Waals surface area (Å²) in [6.07, 6.45) is 6.73. The zero-order valence-electron chi connectivity index (χ0n) is 7.59. The highest BCUT2D eigenvalue weighted by atomic mass is 15.4. The minimum absolute atomic E-state index is 0.899. The van der Waals surface area contributed by atoms with E-state index in [1.165, 1.54) is 11.1 Å². The summed E-state index contributed by atoms with van der Waals surface area (Å²) in [5.74, 6) is 0. The Morgan fingerprint density at radius 2 is 2.14 bits per heavy atom. The number of aromatic nitrogens is 3. The fourth-order valence-corrected chi connectivity index (χ4v) is 1.72. The van der Waals surface area contributed by atoms with Crippen LogP contribution in [-0.4, -0.2) is 15.0 Å². The SMILES string of the molecule is C1=Cn2nncc2Cc2ccccc21. The predicted molar refractivity (Wildman–Crippen MR) is 54.5 cm³/mol. The van der Waals surface area contributed by atoms with Crippen LogP contribution in [0.4, 0.5) is 0 Å². The molecule has 68 valence electrons. The first-order valence-corrected chi connectivity index (χ1v) is 4.59. The Morgan fingerprint density at radius 1 is 1.21 bits per heavy atom. The fraction of sp³-hybridized carbons (Fsp3) is 0.0909. The molecule has 14 heavy (non-hydrogen) atoms. The molecule has 3 nitrogen and oxygen atoms in total. The van der Waals surface area contributed by atoms with Crippen molar-refractivity contribution in [3.8, 4) is 0 Å². The quantitative estimate of drug-likeness (QED) is 0.532. The number of fused-ring (bicyclic) bond motifs is 2. The van der Waals surface area contributed by atoms with Gasteiger partial charge in [-0.05, 0) is 17.2 Å². The van der Waals surface area contributed by atoms with E-state index < -0.39 is 0 Å². The highest BCUT2D eigenvalue weighted by Gasteiger charge is 2.08. The topological polar surface area (TPSA) is 30.7 Å². The molecule has 0 bridgehead atoms. The number of nitrogens with zero attached hydrogens (tertiary/aromatic N) is 3. The summed E-state index contributed by atoms with van der Waals surface area (Å²) in [6, 6.07) is 8.37. The summed E-state index contributed by atoms with van der Waals surface area (Å²) in [6.45, 7) is 0. The maximum absolute atomic E-state index is 3.98. The summed E-state index contributed by atoms with van der Waals surface area (Å²) in [5.41, 5.74) is 3.72. The Labute approximate surface area is 81.7 Å². The molecular weight excluding hydrogens is 174 g/mol. The average Bonchev–Trinajstić information content (AvgIpc) is 2.58. The van der Waals surface area contributed by atoms with E-state index in [4.69, 9.17) is 0 Å². The van der Waals surface area contributed by atoms with Gasteiger partial charge in [0.2, 0.25) is 0 Å². The van der Waals surface area contributed by atoms with Crippen molar-refractivity contribution >= 4 is 12.3 Å². The fourth-order valence-electron chi connectivity index (χ4n) is 1.72. The normalized spacial score (nSPS) is 13.1. The molecule has 2 aromatic rings. The summed E-state index contributed by atoms with van der Waals surface area (Å²) >= 11 is 0. The second-order valence-corrected chi connectivity index (χ2v) is 3.36. The van der Waals surface area contributed by atoms with E-state index in [0.29, 0.717) is 0 Å². The van der Waals surface area contributed by atoms with Crippen LogP contribution in [0.1, 0.15) is 16.8 Å². The minimum atomic E-state index is 0.899. The Kier molecular flexibility index (Phi) is 1.50. The van der Waals surface area contributed by atoms with Crippen LogP contribution in [0.2, 0.25) is 0 Å². The highest BCUT2D eigenvalue weighted by Crippen LogP contribution is 2.18. The molecule has 2 heterocycles. The van der Waals surface area contributed by atoms with Crippen LogP contribution in [0, 0.1) is 0 Å². The van der Waals surface area contributed by atoms with Crippen molar-refractivity contribution in [3.05, 3.63) is 47.3 Å². The molecule has 3 heteroatoms. The third kappa shape index (κ3) is 1.06. The molecule has 1 aliphatic heterocycles. The minimum Gasteiger partial charge on any atom is -0.225 e. The molecule has 0 amide bonds. The molecule has 0 spiro atoms. The third-order valence-electron chi connectivity index (χ3n) is 2.47. The van der Waals surface area contributed by atoms with Gasteiger partial charge in [0.15, 0.2) is 0 Å². The molecule has 0 N–H and O–H groups in total. The van der Waals surface area contributed by atoms with Gasteiger partial charge in [-0.3, -0.25) is 0 Å². The molecule has 1 aromatic carbocycles. The van der Waals surface area contributed by atoms with Crippen LogP contribution in [0.5, 0.6) is 0 Å². The second-order valence-electron chi connectivity index (χ2n) is 3.36. The summed E-state index contributed by atoms with van der Waals surface area (Å²) in [4.78, 5) is 0. The van der Waals surface area contributed by atoms with E-state index in [0.717, 1.165) is 12.1 Å². The van der Waals surface area contributed by atoms with Gasteiger partial charge in [-0.15, -0.1) is 5.10 Å². The van der Waals surface area contributed by atoms with Gasteiger partial charge >= 0.3 is 0 Å². The molecule has 1 aromatic heterocycles. The van der Waals surface area contributed by atoms with E-state index >= 15 is 0 Å². The molecule has 0 saturated heterocycles. The number of hydrogen-bond acceptors (Lipinski definition) is 2. The number of benzene rings is 1. The Bertz CT molecular complexity index is 497. The summed E-state index contributed by atoms with van der Waals surface area (Å²) in [5, 5.41) is 7.86. The Balaban J connectivity index is 2.19. The van der Waals surface area contributed by atoms with E-state index in [2.05, 4.69) is 40.7 Å².